The molecule has 31 heavy (non-hydrogen) atoms. The Morgan fingerprint density at radius 2 is 1.84 bits per heavy atom. The van der Waals surface area contributed by atoms with Crippen LogP contribution in [0.2, 0.25) is 5.02 Å². The standard InChI is InChI=1S/C23H20ClN3O3S/c1-30-19-8-4-15(5-9-19)10-11-27(14-16-2-6-17(7-3-16)22(28)29)23-26-20-12-18(24)13-25-21(20)31-23/h2-9,12-13H,10-11,14H2,1H3,(H,28,29). The molecule has 0 aliphatic carbocycles. The number of ether oxygens (including phenoxy) is 1. The smallest absolute Gasteiger partial charge is 0.335 e. The highest BCUT2D eigenvalue weighted by Crippen LogP contribution is 2.30. The van der Waals surface area contributed by atoms with Crippen molar-refractivity contribution in [3.05, 3.63) is 82.5 Å². The lowest BCUT2D eigenvalue weighted by Crippen LogP contribution is -2.25. The topological polar surface area (TPSA) is 75.5 Å². The van der Waals surface area contributed by atoms with Crippen LogP contribution in [0.4, 0.5) is 5.13 Å². The van der Waals surface area contributed by atoms with Gasteiger partial charge in [-0.25, -0.2) is 14.8 Å². The first kappa shape index (κ1) is 21.1. The van der Waals surface area contributed by atoms with Gasteiger partial charge in [0.05, 0.1) is 17.7 Å². The van der Waals surface area contributed by atoms with E-state index < -0.39 is 5.97 Å². The number of fused-ring (bicyclic) bond motifs is 1. The molecule has 4 rings (SSSR count). The Morgan fingerprint density at radius 1 is 1.13 bits per heavy atom. The molecule has 0 fully saturated rings. The zero-order valence-corrected chi connectivity index (χ0v) is 18.4. The predicted molar refractivity (Wildman–Crippen MR) is 124 cm³/mol. The van der Waals surface area contributed by atoms with Crippen molar-refractivity contribution in [2.45, 2.75) is 13.0 Å². The fourth-order valence-electron chi connectivity index (χ4n) is 3.19. The van der Waals surface area contributed by atoms with Crippen molar-refractivity contribution in [2.24, 2.45) is 0 Å². The van der Waals surface area contributed by atoms with Crippen LogP contribution in [0.1, 0.15) is 21.5 Å². The molecule has 0 bridgehead atoms. The molecule has 0 unspecified atom stereocenters. The van der Waals surface area contributed by atoms with Crippen LogP contribution < -0.4 is 9.64 Å². The first-order valence-electron chi connectivity index (χ1n) is 9.64. The highest BCUT2D eigenvalue weighted by Gasteiger charge is 2.15. The molecule has 4 aromatic rings. The van der Waals surface area contributed by atoms with Crippen LogP contribution in [0.3, 0.4) is 0 Å². The fourth-order valence-corrected chi connectivity index (χ4v) is 4.26. The second-order valence-electron chi connectivity index (χ2n) is 7.00. The van der Waals surface area contributed by atoms with Crippen LogP contribution in [0.15, 0.2) is 60.8 Å². The Morgan fingerprint density at radius 3 is 2.52 bits per heavy atom. The average molecular weight is 454 g/mol. The lowest BCUT2D eigenvalue weighted by Gasteiger charge is -2.22. The third kappa shape index (κ3) is 5.13. The number of hydrogen-bond acceptors (Lipinski definition) is 6. The summed E-state index contributed by atoms with van der Waals surface area (Å²) in [5.74, 6) is -0.106. The maximum Gasteiger partial charge on any atom is 0.335 e. The largest absolute Gasteiger partial charge is 0.497 e. The number of pyridine rings is 1. The van der Waals surface area contributed by atoms with Gasteiger partial charge < -0.3 is 14.7 Å². The summed E-state index contributed by atoms with van der Waals surface area (Å²) in [5, 5.41) is 10.5. The van der Waals surface area contributed by atoms with E-state index in [1.54, 1.807) is 25.4 Å². The number of carboxylic acids is 1. The summed E-state index contributed by atoms with van der Waals surface area (Å²) in [5.41, 5.74) is 3.23. The van der Waals surface area contributed by atoms with Gasteiger partial charge in [-0.3, -0.25) is 0 Å². The Balaban J connectivity index is 1.59. The van der Waals surface area contributed by atoms with Crippen LogP contribution in [-0.4, -0.2) is 34.7 Å². The van der Waals surface area contributed by atoms with Crippen molar-refractivity contribution < 1.29 is 14.6 Å². The Labute approximate surface area is 188 Å². The van der Waals surface area contributed by atoms with E-state index in [1.165, 1.54) is 16.9 Å². The minimum absolute atomic E-state index is 0.271. The second kappa shape index (κ2) is 9.32. The zero-order chi connectivity index (χ0) is 21.8. The van der Waals surface area contributed by atoms with Crippen molar-refractivity contribution in [3.63, 3.8) is 0 Å². The minimum atomic E-state index is -0.933. The van der Waals surface area contributed by atoms with Gasteiger partial charge in [0, 0.05) is 19.3 Å². The van der Waals surface area contributed by atoms with E-state index in [-0.39, 0.29) is 5.56 Å². The molecule has 158 valence electrons. The van der Waals surface area contributed by atoms with Gasteiger partial charge in [0.1, 0.15) is 16.1 Å². The Bertz CT molecular complexity index is 1190. The molecule has 2 heterocycles. The number of anilines is 1. The van der Waals surface area contributed by atoms with Crippen molar-refractivity contribution in [2.75, 3.05) is 18.6 Å². The summed E-state index contributed by atoms with van der Waals surface area (Å²) in [4.78, 5) is 23.3. The number of nitrogens with zero attached hydrogens (tertiary/aromatic N) is 3. The van der Waals surface area contributed by atoms with Crippen LogP contribution in [0, 0.1) is 0 Å². The molecule has 0 saturated heterocycles. The van der Waals surface area contributed by atoms with E-state index in [4.69, 9.17) is 26.4 Å². The molecule has 2 aromatic carbocycles. The molecule has 0 amide bonds. The van der Waals surface area contributed by atoms with E-state index in [0.717, 1.165) is 39.8 Å². The molecular formula is C23H20ClN3O3S. The number of halogens is 1. The molecule has 0 spiro atoms. The summed E-state index contributed by atoms with van der Waals surface area (Å²) in [6.07, 6.45) is 2.44. The number of benzene rings is 2. The number of hydrogen-bond donors (Lipinski definition) is 1. The number of rotatable bonds is 8. The van der Waals surface area contributed by atoms with Gasteiger partial charge in [0.15, 0.2) is 5.13 Å². The van der Waals surface area contributed by atoms with Crippen LogP contribution >= 0.6 is 22.9 Å². The fraction of sp³-hybridized carbons (Fsp3) is 0.174. The molecule has 0 radical (unpaired) electrons. The maximum absolute atomic E-state index is 11.1. The van der Waals surface area contributed by atoms with E-state index in [1.807, 2.05) is 30.3 Å². The van der Waals surface area contributed by atoms with Crippen LogP contribution in [0.25, 0.3) is 10.3 Å². The summed E-state index contributed by atoms with van der Waals surface area (Å²) in [7, 11) is 1.65. The van der Waals surface area contributed by atoms with E-state index in [2.05, 4.69) is 22.0 Å². The van der Waals surface area contributed by atoms with E-state index >= 15 is 0 Å². The zero-order valence-electron chi connectivity index (χ0n) is 16.8. The van der Waals surface area contributed by atoms with Crippen LogP contribution in [0.5, 0.6) is 5.75 Å². The first-order chi connectivity index (χ1) is 15.0. The van der Waals surface area contributed by atoms with Crippen LogP contribution in [-0.2, 0) is 13.0 Å². The Hall–Kier alpha value is -3.16. The van der Waals surface area contributed by atoms with E-state index in [0.29, 0.717) is 11.6 Å². The lowest BCUT2D eigenvalue weighted by molar-refractivity contribution is 0.0697. The average Bonchev–Trinajstić information content (AvgIpc) is 3.20. The molecule has 0 saturated carbocycles. The number of aromatic nitrogens is 2. The monoisotopic (exact) mass is 453 g/mol. The van der Waals surface area contributed by atoms with Gasteiger partial charge >= 0.3 is 5.97 Å². The molecule has 1 N–H and O–H groups in total. The van der Waals surface area contributed by atoms with Gasteiger partial charge in [-0.05, 0) is 47.9 Å². The quantitative estimate of drug-likeness (QED) is 0.390. The van der Waals surface area contributed by atoms with Crippen molar-refractivity contribution >= 4 is 44.4 Å². The Kier molecular flexibility index (Phi) is 6.34. The van der Waals surface area contributed by atoms with Gasteiger partial charge in [0.25, 0.3) is 0 Å². The maximum atomic E-state index is 11.1. The number of methoxy groups -OCH3 is 1. The predicted octanol–water partition coefficient (Wildman–Crippen LogP) is 5.30. The SMILES string of the molecule is COc1ccc(CCN(Cc2ccc(C(=O)O)cc2)c2nc3cc(Cl)cnc3s2)cc1. The molecule has 0 atom stereocenters. The molecule has 6 nitrogen and oxygen atoms in total. The number of aromatic carboxylic acids is 1. The van der Waals surface area contributed by atoms with Crippen molar-refractivity contribution in [3.8, 4) is 5.75 Å². The second-order valence-corrected chi connectivity index (χ2v) is 8.39. The lowest BCUT2D eigenvalue weighted by atomic mass is 10.1. The van der Waals surface area contributed by atoms with Gasteiger partial charge in [-0.15, -0.1) is 0 Å². The van der Waals surface area contributed by atoms with Gasteiger partial charge in [-0.1, -0.05) is 47.2 Å². The van der Waals surface area contributed by atoms with Gasteiger partial charge in [-0.2, -0.15) is 0 Å². The van der Waals surface area contributed by atoms with Crippen molar-refractivity contribution in [1.82, 2.24) is 9.97 Å². The molecular weight excluding hydrogens is 434 g/mol. The molecule has 2 aromatic heterocycles. The summed E-state index contributed by atoms with van der Waals surface area (Å²) in [6.45, 7) is 1.34. The molecule has 8 heteroatoms. The van der Waals surface area contributed by atoms with Crippen molar-refractivity contribution in [1.29, 1.82) is 0 Å². The highest BCUT2D eigenvalue weighted by molar-refractivity contribution is 7.21. The number of thiazole rings is 1. The summed E-state index contributed by atoms with van der Waals surface area (Å²) < 4.78 is 5.23. The number of carboxylic acid groups (broad SMARTS) is 1. The third-order valence-corrected chi connectivity index (χ3v) is 6.12. The third-order valence-electron chi connectivity index (χ3n) is 4.88. The minimum Gasteiger partial charge on any atom is -0.497 e. The molecule has 0 aliphatic heterocycles. The highest BCUT2D eigenvalue weighted by atomic mass is 35.5. The summed E-state index contributed by atoms with van der Waals surface area (Å²) in [6, 6.07) is 16.8. The van der Waals surface area contributed by atoms with E-state index in [9.17, 15) is 4.79 Å². The number of carbonyl (C=O) groups is 1. The summed E-state index contributed by atoms with van der Waals surface area (Å²) >= 11 is 7.59. The van der Waals surface area contributed by atoms with Gasteiger partial charge in [0.2, 0.25) is 0 Å². The molecule has 0 aliphatic rings. The normalized spacial score (nSPS) is 10.9. The first-order valence-corrected chi connectivity index (χ1v) is 10.8.